The smallest absolute Gasteiger partial charge is 0.353 e. The third kappa shape index (κ3) is 5.46. The zero-order chi connectivity index (χ0) is 28.6. The monoisotopic (exact) mass is 575 g/mol. The van der Waals surface area contributed by atoms with Crippen molar-refractivity contribution in [2.24, 2.45) is 23.5 Å². The van der Waals surface area contributed by atoms with Crippen LogP contribution in [0.3, 0.4) is 0 Å². The first-order valence-corrected chi connectivity index (χ1v) is 14.8. The van der Waals surface area contributed by atoms with Gasteiger partial charge in [0, 0.05) is 41.7 Å². The van der Waals surface area contributed by atoms with Gasteiger partial charge in [-0.15, -0.1) is 16.9 Å². The molecule has 0 spiro atoms. The van der Waals surface area contributed by atoms with E-state index in [9.17, 15) is 24.3 Å². The van der Waals surface area contributed by atoms with Gasteiger partial charge >= 0.3 is 5.97 Å². The van der Waals surface area contributed by atoms with Gasteiger partial charge < -0.3 is 31.3 Å². The molecule has 0 aromatic carbocycles. The number of thioether (sulfide) groups is 1. The van der Waals surface area contributed by atoms with Gasteiger partial charge in [-0.05, 0) is 55.5 Å². The second-order valence-electron chi connectivity index (χ2n) is 11.2. The number of carbonyl (C=O) groups excluding carboxylic acids is 3. The molecule has 15 heteroatoms. The maximum absolute atomic E-state index is 13.2. The summed E-state index contributed by atoms with van der Waals surface area (Å²) in [4.78, 5) is 55.1. The molecule has 3 saturated heterocycles. The number of β-lactam (4-membered cyclic amide) rings is 1. The number of hydrogen-bond acceptors (Lipinski definition) is 10. The number of nitrogens with one attached hydrogen (secondary N) is 2. The van der Waals surface area contributed by atoms with Gasteiger partial charge in [0.15, 0.2) is 0 Å². The number of amides is 3. The molecule has 14 nitrogen and oxygen atoms in total. The van der Waals surface area contributed by atoms with Crippen molar-refractivity contribution in [3.63, 3.8) is 0 Å². The Balaban J connectivity index is 1.19. The molecule has 218 valence electrons. The molecule has 0 aliphatic carbocycles. The summed E-state index contributed by atoms with van der Waals surface area (Å²) in [6.45, 7) is 6.36. The summed E-state index contributed by atoms with van der Waals surface area (Å²) in [5.41, 5.74) is 5.71. The number of rotatable bonds is 10. The number of carbonyl (C=O) groups is 4. The Kier molecular flexibility index (Phi) is 8.42. The molecule has 4 aliphatic heterocycles. The summed E-state index contributed by atoms with van der Waals surface area (Å²) in [6, 6.07) is -1.15. The summed E-state index contributed by atoms with van der Waals surface area (Å²) >= 11 is 1.46. The van der Waals surface area contributed by atoms with Crippen LogP contribution in [0.15, 0.2) is 16.9 Å². The maximum Gasteiger partial charge on any atom is 0.353 e. The van der Waals surface area contributed by atoms with E-state index in [0.29, 0.717) is 30.3 Å². The van der Waals surface area contributed by atoms with E-state index in [1.54, 1.807) is 6.92 Å². The molecule has 1 aromatic heterocycles. The van der Waals surface area contributed by atoms with Gasteiger partial charge in [-0.3, -0.25) is 14.4 Å². The number of hydrogen-bond donors (Lipinski definition) is 4. The first-order chi connectivity index (χ1) is 19.2. The molecule has 5 rings (SSSR count). The van der Waals surface area contributed by atoms with E-state index in [1.807, 2.05) is 11.8 Å². The number of carboxylic acid groups (broad SMARTS) is 1. The number of aromatic nitrogens is 4. The minimum atomic E-state index is -1.14. The van der Waals surface area contributed by atoms with E-state index < -0.39 is 17.9 Å². The molecule has 0 bridgehead atoms. The fourth-order valence-electron chi connectivity index (χ4n) is 6.54. The van der Waals surface area contributed by atoms with Crippen molar-refractivity contribution in [2.75, 3.05) is 26.2 Å². The zero-order valence-electron chi connectivity index (χ0n) is 22.7. The maximum atomic E-state index is 13.2. The number of piperidine rings is 1. The van der Waals surface area contributed by atoms with Crippen LogP contribution in [-0.4, -0.2) is 108 Å². The average Bonchev–Trinajstić information content (AvgIpc) is 3.65. The summed E-state index contributed by atoms with van der Waals surface area (Å²) in [6.07, 6.45) is 4.87. The van der Waals surface area contributed by atoms with Gasteiger partial charge in [-0.2, -0.15) is 0 Å². The number of carboxylic acids is 1. The number of nitrogens with two attached hydrogens (primary N) is 1. The Morgan fingerprint density at radius 1 is 1.30 bits per heavy atom. The molecule has 0 saturated carbocycles. The largest absolute Gasteiger partial charge is 0.477 e. The number of fused-ring (bicyclic) bond motifs is 1. The summed E-state index contributed by atoms with van der Waals surface area (Å²) in [7, 11) is 0. The highest BCUT2D eigenvalue weighted by atomic mass is 32.2. The second-order valence-corrected chi connectivity index (χ2v) is 12.5. The summed E-state index contributed by atoms with van der Waals surface area (Å²) in [5.74, 6) is -1.86. The van der Waals surface area contributed by atoms with E-state index in [4.69, 9.17) is 5.73 Å². The van der Waals surface area contributed by atoms with Crippen molar-refractivity contribution in [2.45, 2.75) is 69.5 Å². The van der Waals surface area contributed by atoms with E-state index in [2.05, 4.69) is 26.2 Å². The standard InChI is InChI=1S/C25H37N9O5S/c1-13-20-19(14(2)29-18(35)11-33-12-28-30-31-33)24(37)34(20)21(25(38)39)22(13)40-16-9-17(27-10-16)23(36)32-7-4-15(3-6-26)5-8-32/h12-17,19-20,27H,3-11,26H2,1-2H3,(H,29,35)(H,38,39)/t13-,14-,16+,17+,19-,20-/m1/s1. The molecule has 1 aromatic rings. The van der Waals surface area contributed by atoms with Crippen molar-refractivity contribution < 1.29 is 24.3 Å². The molecule has 3 fully saturated rings. The SMILES string of the molecule is C[C@@H](NC(=O)Cn1cnnn1)[C@H]1C(=O)N2C(C(=O)O)=C(S[C@@H]3CN[C@H](C(=O)N4CCC(CCN)CC4)C3)[C@H](C)[C@H]12. The van der Waals surface area contributed by atoms with Crippen LogP contribution in [0.25, 0.3) is 0 Å². The molecule has 5 N–H and O–H groups in total. The number of likely N-dealkylation sites (tertiary alicyclic amines) is 1. The molecule has 3 amide bonds. The van der Waals surface area contributed by atoms with Crippen LogP contribution >= 0.6 is 11.8 Å². The fourth-order valence-corrected chi connectivity index (χ4v) is 8.02. The van der Waals surface area contributed by atoms with Crippen LogP contribution in [0, 0.1) is 17.8 Å². The van der Waals surface area contributed by atoms with Crippen LogP contribution in [0.2, 0.25) is 0 Å². The topological polar surface area (TPSA) is 189 Å². The molecule has 40 heavy (non-hydrogen) atoms. The average molecular weight is 576 g/mol. The molecule has 0 unspecified atom stereocenters. The zero-order valence-corrected chi connectivity index (χ0v) is 23.5. The Hall–Kier alpha value is -3.04. The summed E-state index contributed by atoms with van der Waals surface area (Å²) < 4.78 is 1.28. The van der Waals surface area contributed by atoms with Gasteiger partial charge in [0.2, 0.25) is 17.7 Å². The molecule has 5 heterocycles. The lowest BCUT2D eigenvalue weighted by Crippen LogP contribution is -2.66. The van der Waals surface area contributed by atoms with Crippen molar-refractivity contribution in [3.05, 3.63) is 16.9 Å². The molecular formula is C25H37N9O5S. The normalized spacial score (nSPS) is 29.4. The fraction of sp³-hybridized carbons (Fsp3) is 0.720. The highest BCUT2D eigenvalue weighted by Crippen LogP contribution is 2.51. The Bertz CT molecular complexity index is 1170. The van der Waals surface area contributed by atoms with Gasteiger partial charge in [0.25, 0.3) is 0 Å². The molecular weight excluding hydrogens is 538 g/mol. The highest BCUT2D eigenvalue weighted by molar-refractivity contribution is 8.03. The van der Waals surface area contributed by atoms with Crippen molar-refractivity contribution >= 4 is 35.5 Å². The Morgan fingerprint density at radius 2 is 2.05 bits per heavy atom. The minimum Gasteiger partial charge on any atom is -0.477 e. The minimum absolute atomic E-state index is 0.0104. The Labute approximate surface area is 236 Å². The van der Waals surface area contributed by atoms with Crippen LogP contribution in [0.4, 0.5) is 0 Å². The van der Waals surface area contributed by atoms with Gasteiger partial charge in [-0.1, -0.05) is 6.92 Å². The second kappa shape index (κ2) is 11.8. The van der Waals surface area contributed by atoms with Crippen LogP contribution in [0.5, 0.6) is 0 Å². The lowest BCUT2D eigenvalue weighted by molar-refractivity contribution is -0.158. The van der Waals surface area contributed by atoms with Crippen molar-refractivity contribution in [1.29, 1.82) is 0 Å². The van der Waals surface area contributed by atoms with Crippen LogP contribution < -0.4 is 16.4 Å². The van der Waals surface area contributed by atoms with E-state index in [1.165, 1.54) is 27.7 Å². The van der Waals surface area contributed by atoms with Crippen molar-refractivity contribution in [3.8, 4) is 0 Å². The molecule has 6 atom stereocenters. The van der Waals surface area contributed by atoms with E-state index in [-0.39, 0.29) is 53.2 Å². The van der Waals surface area contributed by atoms with E-state index >= 15 is 0 Å². The lowest BCUT2D eigenvalue weighted by atomic mass is 9.78. The van der Waals surface area contributed by atoms with Gasteiger partial charge in [0.05, 0.1) is 18.0 Å². The predicted octanol–water partition coefficient (Wildman–Crippen LogP) is -0.998. The molecule has 0 radical (unpaired) electrons. The first-order valence-electron chi connectivity index (χ1n) is 13.9. The van der Waals surface area contributed by atoms with Gasteiger partial charge in [0.1, 0.15) is 18.6 Å². The number of aliphatic carboxylic acids is 1. The van der Waals surface area contributed by atoms with Crippen molar-refractivity contribution in [1.82, 2.24) is 40.6 Å². The van der Waals surface area contributed by atoms with Crippen LogP contribution in [-0.2, 0) is 25.7 Å². The third-order valence-electron chi connectivity index (χ3n) is 8.60. The van der Waals surface area contributed by atoms with Crippen LogP contribution in [0.1, 0.15) is 39.5 Å². The van der Waals surface area contributed by atoms with E-state index in [0.717, 1.165) is 32.4 Å². The number of tetrazole rings is 1. The third-order valence-corrected chi connectivity index (χ3v) is 10.1. The summed E-state index contributed by atoms with van der Waals surface area (Å²) in [5, 5.41) is 26.9. The molecule has 4 aliphatic rings. The quantitative estimate of drug-likeness (QED) is 0.251. The first kappa shape index (κ1) is 28.5. The number of nitrogens with zero attached hydrogens (tertiary/aromatic N) is 6. The highest BCUT2D eigenvalue weighted by Gasteiger charge is 2.60. The lowest BCUT2D eigenvalue weighted by Gasteiger charge is -2.47. The Morgan fingerprint density at radius 3 is 2.70 bits per heavy atom. The predicted molar refractivity (Wildman–Crippen MR) is 144 cm³/mol. The van der Waals surface area contributed by atoms with Gasteiger partial charge in [-0.25, -0.2) is 9.48 Å².